The summed E-state index contributed by atoms with van der Waals surface area (Å²) in [5.74, 6) is -1.96. The van der Waals surface area contributed by atoms with Gasteiger partial charge in [-0.15, -0.1) is 6.58 Å². The molecule has 1 atom stereocenters. The van der Waals surface area contributed by atoms with Gasteiger partial charge in [0.1, 0.15) is 0 Å². The fraction of sp³-hybridized carbons (Fsp3) is 0.261. The Bertz CT molecular complexity index is 1040. The van der Waals surface area contributed by atoms with Crippen molar-refractivity contribution < 1.29 is 18.0 Å². The Morgan fingerprint density at radius 2 is 1.77 bits per heavy atom. The highest BCUT2D eigenvalue weighted by molar-refractivity contribution is 9.10. The van der Waals surface area contributed by atoms with E-state index in [1.54, 1.807) is 18.2 Å². The molecule has 2 aromatic carbocycles. The van der Waals surface area contributed by atoms with Gasteiger partial charge in [0.2, 0.25) is 0 Å². The van der Waals surface area contributed by atoms with Gasteiger partial charge >= 0.3 is 6.18 Å². The number of allylic oxidation sites excluding steroid dienone is 2. The molecule has 1 nitrogen and oxygen atoms in total. The average molecular weight is 553 g/mol. The number of rotatable bonds is 7. The molecule has 0 bridgehead atoms. The van der Waals surface area contributed by atoms with Crippen LogP contribution >= 0.6 is 50.7 Å². The number of carbonyl (C=O) groups excluding carboxylic acids is 1. The largest absolute Gasteiger partial charge is 0.399 e. The van der Waals surface area contributed by atoms with Crippen LogP contribution in [-0.4, -0.2) is 12.0 Å². The van der Waals surface area contributed by atoms with Gasteiger partial charge in [-0.05, 0) is 53.6 Å². The van der Waals surface area contributed by atoms with Gasteiger partial charge in [-0.2, -0.15) is 13.2 Å². The highest BCUT2D eigenvalue weighted by atomic mass is 79.9. The molecule has 0 aliphatic heterocycles. The van der Waals surface area contributed by atoms with Crippen LogP contribution < -0.4 is 0 Å². The Morgan fingerprint density at radius 1 is 1.16 bits per heavy atom. The molecule has 0 spiro atoms. The van der Waals surface area contributed by atoms with Gasteiger partial charge in [-0.25, -0.2) is 0 Å². The third kappa shape index (κ3) is 5.75. The Kier molecular flexibility index (Phi) is 7.31. The monoisotopic (exact) mass is 550 g/mol. The van der Waals surface area contributed by atoms with Gasteiger partial charge in [-0.3, -0.25) is 4.79 Å². The summed E-state index contributed by atoms with van der Waals surface area (Å²) < 4.78 is 41.6. The standard InChI is InChI=1S/C23H17BrCl3F3O/c1-2-22(7-8-22)12-20(31)15-5-3-13(9-17(15)24)4-6-16(23(28,29)30)14-10-18(25)21(27)19(26)11-14/h2-6,9-11,16H,1,7-8,12H2/b6-4+. The Hall–Kier alpha value is -1.27. The van der Waals surface area contributed by atoms with Crippen molar-refractivity contribution >= 4 is 62.6 Å². The Labute approximate surface area is 202 Å². The molecule has 0 aromatic heterocycles. The molecule has 1 unspecified atom stereocenters. The Morgan fingerprint density at radius 3 is 2.26 bits per heavy atom. The predicted octanol–water partition coefficient (Wildman–Crippen LogP) is 9.31. The van der Waals surface area contributed by atoms with Gasteiger partial charge in [0, 0.05) is 16.5 Å². The molecule has 8 heteroatoms. The molecule has 0 heterocycles. The lowest BCUT2D eigenvalue weighted by Crippen LogP contribution is -2.19. The summed E-state index contributed by atoms with van der Waals surface area (Å²) in [7, 11) is 0. The van der Waals surface area contributed by atoms with E-state index in [4.69, 9.17) is 34.8 Å². The van der Waals surface area contributed by atoms with Crippen LogP contribution in [0.1, 0.15) is 46.7 Å². The maximum atomic E-state index is 13.7. The predicted molar refractivity (Wildman–Crippen MR) is 124 cm³/mol. The summed E-state index contributed by atoms with van der Waals surface area (Å²) in [4.78, 5) is 12.6. The van der Waals surface area contributed by atoms with Crippen LogP contribution in [-0.2, 0) is 0 Å². The van der Waals surface area contributed by atoms with E-state index < -0.39 is 12.1 Å². The topological polar surface area (TPSA) is 17.1 Å². The zero-order valence-corrected chi connectivity index (χ0v) is 19.9. The van der Waals surface area contributed by atoms with Crippen molar-refractivity contribution in [3.63, 3.8) is 0 Å². The zero-order chi connectivity index (χ0) is 23.0. The highest BCUT2D eigenvalue weighted by Crippen LogP contribution is 2.50. The van der Waals surface area contributed by atoms with E-state index in [0.717, 1.165) is 31.1 Å². The molecule has 1 saturated carbocycles. The second-order valence-corrected chi connectivity index (χ2v) is 9.63. The van der Waals surface area contributed by atoms with E-state index in [0.29, 0.717) is 22.0 Å². The molecular weight excluding hydrogens is 536 g/mol. The van der Waals surface area contributed by atoms with Crippen LogP contribution in [0.15, 0.2) is 53.5 Å². The molecule has 2 aromatic rings. The molecule has 0 radical (unpaired) electrons. The van der Waals surface area contributed by atoms with Crippen molar-refractivity contribution in [2.45, 2.75) is 31.4 Å². The van der Waals surface area contributed by atoms with Crippen molar-refractivity contribution in [3.05, 3.63) is 85.3 Å². The van der Waals surface area contributed by atoms with Gasteiger partial charge in [0.25, 0.3) is 0 Å². The van der Waals surface area contributed by atoms with Crippen molar-refractivity contribution in [2.75, 3.05) is 0 Å². The van der Waals surface area contributed by atoms with E-state index in [2.05, 4.69) is 22.5 Å². The van der Waals surface area contributed by atoms with E-state index in [1.807, 2.05) is 6.08 Å². The zero-order valence-electron chi connectivity index (χ0n) is 16.1. The number of hydrogen-bond donors (Lipinski definition) is 0. The molecule has 164 valence electrons. The third-order valence-corrected chi connectivity index (χ3v) is 7.18. The molecule has 0 amide bonds. The van der Waals surface area contributed by atoms with E-state index in [9.17, 15) is 18.0 Å². The molecule has 0 N–H and O–H groups in total. The first-order chi connectivity index (χ1) is 14.5. The first kappa shape index (κ1) is 24.4. The first-order valence-corrected chi connectivity index (χ1v) is 11.2. The molecule has 0 saturated heterocycles. The van der Waals surface area contributed by atoms with Crippen LogP contribution in [0.2, 0.25) is 15.1 Å². The number of hydrogen-bond acceptors (Lipinski definition) is 1. The second kappa shape index (κ2) is 9.30. The smallest absolute Gasteiger partial charge is 0.294 e. The lowest BCUT2D eigenvalue weighted by atomic mass is 9.94. The quantitative estimate of drug-likeness (QED) is 0.190. The lowest BCUT2D eigenvalue weighted by Gasteiger charge is -2.18. The highest BCUT2D eigenvalue weighted by Gasteiger charge is 2.41. The van der Waals surface area contributed by atoms with Crippen LogP contribution in [0.3, 0.4) is 0 Å². The van der Waals surface area contributed by atoms with Gasteiger partial charge in [0.15, 0.2) is 5.78 Å². The van der Waals surface area contributed by atoms with Crippen molar-refractivity contribution in [1.29, 1.82) is 0 Å². The maximum Gasteiger partial charge on any atom is 0.399 e. The molecule has 1 aliphatic carbocycles. The normalized spacial score (nSPS) is 16.4. The van der Waals surface area contributed by atoms with Gasteiger partial charge in [-0.1, -0.05) is 75.0 Å². The molecular formula is C23H17BrCl3F3O. The summed E-state index contributed by atoms with van der Waals surface area (Å²) in [6.45, 7) is 3.79. The summed E-state index contributed by atoms with van der Waals surface area (Å²) in [5.41, 5.74) is 0.770. The third-order valence-electron chi connectivity index (χ3n) is 5.33. The minimum atomic E-state index is -4.56. The number of benzene rings is 2. The number of alkyl halides is 3. The second-order valence-electron chi connectivity index (χ2n) is 7.58. The summed E-state index contributed by atoms with van der Waals surface area (Å²) in [6.07, 6.45) is 1.89. The van der Waals surface area contributed by atoms with Crippen LogP contribution in [0, 0.1) is 5.41 Å². The Balaban J connectivity index is 1.85. The molecule has 31 heavy (non-hydrogen) atoms. The van der Waals surface area contributed by atoms with E-state index in [1.165, 1.54) is 6.08 Å². The number of halogens is 7. The minimum absolute atomic E-state index is 0.00519. The van der Waals surface area contributed by atoms with E-state index >= 15 is 0 Å². The van der Waals surface area contributed by atoms with Crippen LogP contribution in [0.25, 0.3) is 6.08 Å². The number of Topliss-reactive ketones (excluding diaryl/α,β-unsaturated/α-hetero) is 1. The maximum absolute atomic E-state index is 13.7. The van der Waals surface area contributed by atoms with Crippen LogP contribution in [0.5, 0.6) is 0 Å². The van der Waals surface area contributed by atoms with Crippen molar-refractivity contribution in [2.24, 2.45) is 5.41 Å². The number of ketones is 1. The van der Waals surface area contributed by atoms with Gasteiger partial charge in [0.05, 0.1) is 21.0 Å². The molecule has 3 rings (SSSR count). The van der Waals surface area contributed by atoms with Crippen LogP contribution in [0.4, 0.5) is 13.2 Å². The van der Waals surface area contributed by atoms with Crippen molar-refractivity contribution in [3.8, 4) is 0 Å². The van der Waals surface area contributed by atoms with Gasteiger partial charge < -0.3 is 0 Å². The first-order valence-electron chi connectivity index (χ1n) is 9.31. The summed E-state index contributed by atoms with van der Waals surface area (Å²) in [5, 5.41) is -0.0959. The molecule has 1 aliphatic rings. The van der Waals surface area contributed by atoms with E-state index in [-0.39, 0.29) is 31.8 Å². The fourth-order valence-electron chi connectivity index (χ4n) is 3.26. The fourth-order valence-corrected chi connectivity index (χ4v) is 4.49. The summed E-state index contributed by atoms with van der Waals surface area (Å²) in [6, 6.07) is 7.15. The SMILES string of the molecule is C=CC1(CC(=O)c2ccc(/C=C/C(c3cc(Cl)c(Cl)c(Cl)c3)C(F)(F)F)cc2Br)CC1. The molecule has 1 fully saturated rings. The summed E-state index contributed by atoms with van der Waals surface area (Å²) >= 11 is 21.0. The van der Waals surface area contributed by atoms with Crippen molar-refractivity contribution in [1.82, 2.24) is 0 Å². The lowest BCUT2D eigenvalue weighted by molar-refractivity contribution is -0.139. The number of carbonyl (C=O) groups is 1. The average Bonchev–Trinajstić information content (AvgIpc) is 3.45. The minimum Gasteiger partial charge on any atom is -0.294 e.